The van der Waals surface area contributed by atoms with E-state index in [1.165, 1.54) is 6.92 Å². The molecule has 0 bridgehead atoms. The van der Waals surface area contributed by atoms with E-state index in [0.717, 1.165) is 26.0 Å². The number of ether oxygens (including phenoxy) is 2. The third-order valence-corrected chi connectivity index (χ3v) is 7.79. The highest BCUT2D eigenvalue weighted by Crippen LogP contribution is 2.56. The standard InChI is InChI=1S/C21H25O8PS/c1-15(22)14-31-19(21(24)27-3)18(20(23)26-2)30(25,28-16-10-6-4-7-11-16)29-17-12-8-5-9-13-17/h4-13,15,18-19,22H,14H2,1-3H3/t15?,18-,19+/m0/s1. The Morgan fingerprint density at radius 3 is 1.74 bits per heavy atom. The maximum absolute atomic E-state index is 14.1. The highest BCUT2D eigenvalue weighted by atomic mass is 32.2. The van der Waals surface area contributed by atoms with E-state index >= 15 is 0 Å². The third-order valence-electron chi connectivity index (χ3n) is 3.97. The summed E-state index contributed by atoms with van der Waals surface area (Å²) in [6.45, 7) is 1.52. The Kier molecular flexibility index (Phi) is 9.43. The van der Waals surface area contributed by atoms with Crippen LogP contribution < -0.4 is 9.05 Å². The molecule has 1 N–H and O–H groups in total. The lowest BCUT2D eigenvalue weighted by Crippen LogP contribution is -2.41. The Bertz CT molecular complexity index is 845. The summed E-state index contributed by atoms with van der Waals surface area (Å²) < 4.78 is 35.3. The summed E-state index contributed by atoms with van der Waals surface area (Å²) >= 11 is 0.905. The Labute approximate surface area is 185 Å². The molecule has 0 spiro atoms. The minimum absolute atomic E-state index is 0.0733. The van der Waals surface area contributed by atoms with E-state index in [-0.39, 0.29) is 17.3 Å². The molecule has 168 valence electrons. The van der Waals surface area contributed by atoms with Crippen LogP contribution in [0, 0.1) is 0 Å². The number of aliphatic hydroxyl groups excluding tert-OH is 1. The van der Waals surface area contributed by atoms with E-state index in [2.05, 4.69) is 0 Å². The van der Waals surface area contributed by atoms with Gasteiger partial charge in [0.2, 0.25) is 5.66 Å². The molecule has 0 aliphatic rings. The van der Waals surface area contributed by atoms with E-state index in [1.807, 2.05) is 0 Å². The lowest BCUT2D eigenvalue weighted by molar-refractivity contribution is -0.146. The van der Waals surface area contributed by atoms with Crippen molar-refractivity contribution in [3.8, 4) is 11.5 Å². The van der Waals surface area contributed by atoms with Gasteiger partial charge in [-0.25, -0.2) is 4.57 Å². The van der Waals surface area contributed by atoms with Gasteiger partial charge in [-0.3, -0.25) is 9.59 Å². The van der Waals surface area contributed by atoms with Crippen LogP contribution in [0.25, 0.3) is 0 Å². The molecule has 0 fully saturated rings. The second-order valence-corrected chi connectivity index (χ2v) is 9.62. The van der Waals surface area contributed by atoms with Gasteiger partial charge >= 0.3 is 19.5 Å². The van der Waals surface area contributed by atoms with Crippen molar-refractivity contribution in [3.63, 3.8) is 0 Å². The zero-order valence-electron chi connectivity index (χ0n) is 17.4. The maximum Gasteiger partial charge on any atom is 0.446 e. The van der Waals surface area contributed by atoms with Crippen molar-refractivity contribution in [1.82, 2.24) is 0 Å². The van der Waals surface area contributed by atoms with E-state index < -0.39 is 36.5 Å². The second-order valence-electron chi connectivity index (χ2n) is 6.44. The van der Waals surface area contributed by atoms with Crippen molar-refractivity contribution < 1.29 is 37.8 Å². The largest absolute Gasteiger partial charge is 0.468 e. The highest BCUT2D eigenvalue weighted by molar-refractivity contribution is 8.01. The average molecular weight is 468 g/mol. The Balaban J connectivity index is 2.56. The lowest BCUT2D eigenvalue weighted by Gasteiger charge is -2.29. The van der Waals surface area contributed by atoms with E-state index in [0.29, 0.717) is 0 Å². The summed E-state index contributed by atoms with van der Waals surface area (Å²) in [6, 6.07) is 16.3. The van der Waals surface area contributed by atoms with Gasteiger partial charge in [0.15, 0.2) is 0 Å². The number of hydrogen-bond donors (Lipinski definition) is 1. The first kappa shape index (κ1) is 24.8. The molecular formula is C21H25O8PS. The number of benzene rings is 2. The lowest BCUT2D eigenvalue weighted by atomic mass is 10.3. The van der Waals surface area contributed by atoms with Crippen LogP contribution in [0.2, 0.25) is 0 Å². The molecule has 1 unspecified atom stereocenters. The molecule has 3 atom stereocenters. The molecule has 2 aromatic carbocycles. The Morgan fingerprint density at radius 1 is 0.903 bits per heavy atom. The first-order valence-corrected chi connectivity index (χ1v) is 12.0. The van der Waals surface area contributed by atoms with Crippen LogP contribution in [0.3, 0.4) is 0 Å². The van der Waals surface area contributed by atoms with Gasteiger partial charge < -0.3 is 23.6 Å². The molecule has 0 radical (unpaired) electrons. The molecule has 2 rings (SSSR count). The second kappa shape index (κ2) is 11.8. The van der Waals surface area contributed by atoms with Crippen molar-refractivity contribution in [2.75, 3.05) is 20.0 Å². The maximum atomic E-state index is 14.1. The Hall–Kier alpha value is -2.48. The fourth-order valence-electron chi connectivity index (χ4n) is 2.58. The number of esters is 2. The quantitative estimate of drug-likeness (QED) is 0.391. The van der Waals surface area contributed by atoms with Crippen LogP contribution in [-0.4, -0.2) is 54.0 Å². The van der Waals surface area contributed by atoms with Crippen LogP contribution in [0.1, 0.15) is 6.92 Å². The molecule has 0 saturated carbocycles. The zero-order valence-corrected chi connectivity index (χ0v) is 19.1. The predicted molar refractivity (Wildman–Crippen MR) is 117 cm³/mol. The van der Waals surface area contributed by atoms with Gasteiger partial charge in [0.1, 0.15) is 16.7 Å². The summed E-state index contributed by atoms with van der Waals surface area (Å²) in [4.78, 5) is 25.4. The molecular weight excluding hydrogens is 443 g/mol. The van der Waals surface area contributed by atoms with Crippen molar-refractivity contribution in [1.29, 1.82) is 0 Å². The summed E-state index contributed by atoms with van der Waals surface area (Å²) in [5.74, 6) is -1.36. The number of rotatable bonds is 11. The minimum atomic E-state index is -4.41. The van der Waals surface area contributed by atoms with E-state index in [1.54, 1.807) is 60.7 Å². The number of thioether (sulfide) groups is 1. The summed E-state index contributed by atoms with van der Waals surface area (Å²) in [5, 5.41) is 8.37. The van der Waals surface area contributed by atoms with Gasteiger partial charge in [-0.05, 0) is 31.2 Å². The van der Waals surface area contributed by atoms with Crippen LogP contribution in [0.5, 0.6) is 11.5 Å². The topological polar surface area (TPSA) is 108 Å². The van der Waals surface area contributed by atoms with Gasteiger partial charge in [0, 0.05) is 5.75 Å². The molecule has 31 heavy (non-hydrogen) atoms. The smallest absolute Gasteiger partial charge is 0.446 e. The molecule has 8 nitrogen and oxygen atoms in total. The van der Waals surface area contributed by atoms with Crippen LogP contribution >= 0.6 is 19.4 Å². The van der Waals surface area contributed by atoms with Crippen LogP contribution in [0.15, 0.2) is 60.7 Å². The average Bonchev–Trinajstić information content (AvgIpc) is 2.76. The fraction of sp³-hybridized carbons (Fsp3) is 0.333. The number of aliphatic hydroxyl groups is 1. The number of carbonyl (C=O) groups excluding carboxylic acids is 2. The number of carbonyl (C=O) groups is 2. The van der Waals surface area contributed by atoms with E-state index in [9.17, 15) is 19.3 Å². The third kappa shape index (κ3) is 7.02. The molecule has 0 amide bonds. The van der Waals surface area contributed by atoms with Gasteiger partial charge in [-0.1, -0.05) is 36.4 Å². The van der Waals surface area contributed by atoms with Gasteiger partial charge in [-0.2, -0.15) is 0 Å². The normalized spacial score (nSPS) is 14.1. The fourth-order valence-corrected chi connectivity index (χ4v) is 6.20. The monoisotopic (exact) mass is 468 g/mol. The first-order valence-electron chi connectivity index (χ1n) is 9.35. The SMILES string of the molecule is COC(=O)[C@H]([C@@H](SCC(C)O)C(=O)OC)P(=O)(Oc1ccccc1)Oc1ccccc1. The number of methoxy groups -OCH3 is 2. The van der Waals surface area contributed by atoms with Gasteiger partial charge in [0.25, 0.3) is 0 Å². The van der Waals surface area contributed by atoms with Crippen molar-refractivity contribution >= 4 is 31.3 Å². The first-order chi connectivity index (χ1) is 14.8. The molecule has 2 aromatic rings. The van der Waals surface area contributed by atoms with Crippen molar-refractivity contribution in [3.05, 3.63) is 60.7 Å². The van der Waals surface area contributed by atoms with Crippen LogP contribution in [-0.2, 0) is 23.6 Å². The number of para-hydroxylation sites is 2. The molecule has 10 heteroatoms. The number of hydrogen-bond acceptors (Lipinski definition) is 9. The van der Waals surface area contributed by atoms with Crippen molar-refractivity contribution in [2.24, 2.45) is 0 Å². The van der Waals surface area contributed by atoms with E-state index in [4.69, 9.17) is 18.5 Å². The highest BCUT2D eigenvalue weighted by Gasteiger charge is 2.53. The van der Waals surface area contributed by atoms with Gasteiger partial charge in [0.05, 0.1) is 20.3 Å². The summed E-state index contributed by atoms with van der Waals surface area (Å²) in [5.41, 5.74) is -1.66. The van der Waals surface area contributed by atoms with Crippen molar-refractivity contribution in [2.45, 2.75) is 23.9 Å². The molecule has 0 heterocycles. The molecule has 0 aliphatic carbocycles. The molecule has 0 saturated heterocycles. The predicted octanol–water partition coefficient (Wildman–Crippen LogP) is 3.53. The summed E-state index contributed by atoms with van der Waals surface area (Å²) in [6.07, 6.45) is -0.792. The van der Waals surface area contributed by atoms with Crippen LogP contribution in [0.4, 0.5) is 0 Å². The molecule has 0 aromatic heterocycles. The van der Waals surface area contributed by atoms with Gasteiger partial charge in [-0.15, -0.1) is 11.8 Å². The Morgan fingerprint density at radius 2 is 1.35 bits per heavy atom. The zero-order chi connectivity index (χ0) is 22.9. The molecule has 0 aliphatic heterocycles. The minimum Gasteiger partial charge on any atom is -0.468 e. The summed E-state index contributed by atoms with van der Waals surface area (Å²) in [7, 11) is -2.15.